The van der Waals surface area contributed by atoms with Gasteiger partial charge in [0.2, 0.25) is 0 Å². The maximum absolute atomic E-state index is 12.8. The third-order valence-electron chi connectivity index (χ3n) is 6.08. The second kappa shape index (κ2) is 8.30. The molecule has 1 unspecified atom stereocenters. The van der Waals surface area contributed by atoms with Gasteiger partial charge in [-0.1, -0.05) is 26.0 Å². The Hall–Kier alpha value is -2.93. The zero-order valence-electron chi connectivity index (χ0n) is 18.3. The molecule has 2 N–H and O–H groups in total. The second-order valence-corrected chi connectivity index (χ2v) is 9.23. The van der Waals surface area contributed by atoms with Crippen LogP contribution in [-0.4, -0.2) is 43.0 Å². The Kier molecular flexibility index (Phi) is 5.71. The monoisotopic (exact) mass is 423 g/mol. The van der Waals surface area contributed by atoms with Gasteiger partial charge in [-0.05, 0) is 42.5 Å². The normalized spacial score (nSPS) is 18.9. The molecule has 1 aromatic heterocycles. The van der Waals surface area contributed by atoms with Crippen LogP contribution in [0.2, 0.25) is 0 Å². The molecule has 0 saturated carbocycles. The van der Waals surface area contributed by atoms with E-state index in [4.69, 9.17) is 4.74 Å². The molecule has 2 heterocycles. The number of ketones is 1. The summed E-state index contributed by atoms with van der Waals surface area (Å²) in [7, 11) is 0. The number of aromatic nitrogens is 1. The SMILES string of the molecule is CC(NC(=O)c1cc2c([nH]c1=O)CC(C)(C)CC2=O)c1ccc(N2CCOCC2)cc1. The average Bonchev–Trinajstić information content (AvgIpc) is 2.73. The Balaban J connectivity index is 1.48. The number of benzene rings is 1. The molecule has 0 bridgehead atoms. The van der Waals surface area contributed by atoms with Crippen molar-refractivity contribution < 1.29 is 14.3 Å². The van der Waals surface area contributed by atoms with E-state index in [0.29, 0.717) is 24.1 Å². The number of carbonyl (C=O) groups is 2. The first-order chi connectivity index (χ1) is 14.7. The highest BCUT2D eigenvalue weighted by Crippen LogP contribution is 2.33. The fourth-order valence-corrected chi connectivity index (χ4v) is 4.35. The first-order valence-corrected chi connectivity index (χ1v) is 10.8. The zero-order valence-corrected chi connectivity index (χ0v) is 18.3. The van der Waals surface area contributed by atoms with Crippen LogP contribution in [0.3, 0.4) is 0 Å². The molecule has 7 nitrogen and oxygen atoms in total. The molecule has 1 aliphatic heterocycles. The van der Waals surface area contributed by atoms with Crippen molar-refractivity contribution in [2.45, 2.75) is 39.7 Å². The molecule has 1 aliphatic carbocycles. The van der Waals surface area contributed by atoms with Gasteiger partial charge in [-0.15, -0.1) is 0 Å². The molecule has 164 valence electrons. The number of hydrogen-bond donors (Lipinski definition) is 2. The number of rotatable bonds is 4. The van der Waals surface area contributed by atoms with Gasteiger partial charge in [-0.25, -0.2) is 0 Å². The molecule has 4 rings (SSSR count). The van der Waals surface area contributed by atoms with Gasteiger partial charge >= 0.3 is 0 Å². The van der Waals surface area contributed by atoms with Gasteiger partial charge < -0.3 is 19.9 Å². The van der Waals surface area contributed by atoms with Crippen LogP contribution in [0.15, 0.2) is 35.1 Å². The Morgan fingerprint density at radius 2 is 1.81 bits per heavy atom. The predicted octanol–water partition coefficient (Wildman–Crippen LogP) is 2.86. The van der Waals surface area contributed by atoms with Gasteiger partial charge in [0.1, 0.15) is 5.56 Å². The first-order valence-electron chi connectivity index (χ1n) is 10.8. The molecule has 2 aromatic rings. The molecule has 7 heteroatoms. The van der Waals surface area contributed by atoms with E-state index in [1.165, 1.54) is 6.07 Å². The number of aromatic amines is 1. The maximum atomic E-state index is 12.8. The van der Waals surface area contributed by atoms with Crippen LogP contribution < -0.4 is 15.8 Å². The Morgan fingerprint density at radius 1 is 1.13 bits per heavy atom. The van der Waals surface area contributed by atoms with Crippen LogP contribution in [0.1, 0.15) is 65.2 Å². The summed E-state index contributed by atoms with van der Waals surface area (Å²) in [4.78, 5) is 42.9. The minimum Gasteiger partial charge on any atom is -0.378 e. The molecule has 1 atom stereocenters. The van der Waals surface area contributed by atoms with Crippen LogP contribution in [0, 0.1) is 5.41 Å². The van der Waals surface area contributed by atoms with E-state index in [2.05, 4.69) is 15.2 Å². The number of amides is 1. The Morgan fingerprint density at radius 3 is 2.48 bits per heavy atom. The molecule has 0 spiro atoms. The highest BCUT2D eigenvalue weighted by Gasteiger charge is 2.32. The molecule has 31 heavy (non-hydrogen) atoms. The van der Waals surface area contributed by atoms with E-state index < -0.39 is 11.5 Å². The molecule has 1 fully saturated rings. The number of nitrogens with zero attached hydrogens (tertiary/aromatic N) is 1. The molecule has 1 saturated heterocycles. The number of hydrogen-bond acceptors (Lipinski definition) is 5. The number of ether oxygens (including phenoxy) is 1. The van der Waals surface area contributed by atoms with E-state index in [9.17, 15) is 14.4 Å². The molecule has 0 radical (unpaired) electrons. The highest BCUT2D eigenvalue weighted by atomic mass is 16.5. The topological polar surface area (TPSA) is 91.5 Å². The van der Waals surface area contributed by atoms with Crippen molar-refractivity contribution >= 4 is 17.4 Å². The number of Topliss-reactive ketones (excluding diaryl/α,β-unsaturated/α-hetero) is 1. The Labute approximate surface area is 181 Å². The third kappa shape index (κ3) is 4.56. The molecular formula is C24H29N3O4. The van der Waals surface area contributed by atoms with Crippen molar-refractivity contribution in [1.29, 1.82) is 0 Å². The lowest BCUT2D eigenvalue weighted by Gasteiger charge is -2.29. The van der Waals surface area contributed by atoms with Gasteiger partial charge in [-0.2, -0.15) is 0 Å². The van der Waals surface area contributed by atoms with Crippen molar-refractivity contribution in [3.63, 3.8) is 0 Å². The van der Waals surface area contributed by atoms with Gasteiger partial charge in [0, 0.05) is 36.5 Å². The zero-order chi connectivity index (χ0) is 22.2. The van der Waals surface area contributed by atoms with Crippen LogP contribution in [-0.2, 0) is 11.2 Å². The van der Waals surface area contributed by atoms with E-state index >= 15 is 0 Å². The minimum atomic E-state index is -0.480. The average molecular weight is 424 g/mol. The molecule has 1 amide bonds. The van der Waals surface area contributed by atoms with Crippen molar-refractivity contribution in [3.8, 4) is 0 Å². The summed E-state index contributed by atoms with van der Waals surface area (Å²) >= 11 is 0. The van der Waals surface area contributed by atoms with Crippen molar-refractivity contribution in [2.24, 2.45) is 5.41 Å². The number of fused-ring (bicyclic) bond motifs is 1. The van der Waals surface area contributed by atoms with E-state index in [1.54, 1.807) is 0 Å². The fourth-order valence-electron chi connectivity index (χ4n) is 4.35. The minimum absolute atomic E-state index is 0.0245. The third-order valence-corrected chi connectivity index (χ3v) is 6.08. The smallest absolute Gasteiger partial charge is 0.261 e. The summed E-state index contributed by atoms with van der Waals surface area (Å²) in [6.07, 6.45) is 1.01. The van der Waals surface area contributed by atoms with E-state index in [0.717, 1.165) is 37.6 Å². The standard InChI is InChI=1S/C24H29N3O4/c1-15(16-4-6-17(7-5-16)27-8-10-31-11-9-27)25-22(29)19-12-18-20(26-23(19)30)13-24(2,3)14-21(18)28/h4-7,12,15H,8-11,13-14H2,1-3H3,(H,25,29)(H,26,30). The quantitative estimate of drug-likeness (QED) is 0.789. The number of anilines is 1. The van der Waals surface area contributed by atoms with Gasteiger partial charge in [0.25, 0.3) is 11.5 Å². The van der Waals surface area contributed by atoms with Gasteiger partial charge in [0.15, 0.2) is 5.78 Å². The summed E-state index contributed by atoms with van der Waals surface area (Å²) in [5, 5.41) is 2.89. The van der Waals surface area contributed by atoms with Crippen LogP contribution in [0.4, 0.5) is 5.69 Å². The number of pyridine rings is 1. The van der Waals surface area contributed by atoms with Crippen molar-refractivity contribution in [3.05, 3.63) is 63.1 Å². The maximum Gasteiger partial charge on any atom is 0.261 e. The van der Waals surface area contributed by atoms with Crippen LogP contribution in [0.5, 0.6) is 0 Å². The molecular weight excluding hydrogens is 394 g/mol. The molecule has 1 aromatic carbocycles. The van der Waals surface area contributed by atoms with Crippen LogP contribution in [0.25, 0.3) is 0 Å². The number of carbonyl (C=O) groups excluding carboxylic acids is 2. The predicted molar refractivity (Wildman–Crippen MR) is 119 cm³/mol. The summed E-state index contributed by atoms with van der Waals surface area (Å²) in [6.45, 7) is 9.05. The summed E-state index contributed by atoms with van der Waals surface area (Å²) in [5.74, 6) is -0.519. The van der Waals surface area contributed by atoms with E-state index in [-0.39, 0.29) is 22.8 Å². The van der Waals surface area contributed by atoms with Crippen molar-refractivity contribution in [2.75, 3.05) is 31.2 Å². The fraction of sp³-hybridized carbons (Fsp3) is 0.458. The lowest BCUT2D eigenvalue weighted by Crippen LogP contribution is -2.36. The number of morpholine rings is 1. The summed E-state index contributed by atoms with van der Waals surface area (Å²) < 4.78 is 5.39. The van der Waals surface area contributed by atoms with Crippen molar-refractivity contribution in [1.82, 2.24) is 10.3 Å². The lowest BCUT2D eigenvalue weighted by molar-refractivity contribution is 0.0910. The van der Waals surface area contributed by atoms with Gasteiger partial charge in [0.05, 0.1) is 19.3 Å². The molecule has 2 aliphatic rings. The highest BCUT2D eigenvalue weighted by molar-refractivity contribution is 6.02. The summed E-state index contributed by atoms with van der Waals surface area (Å²) in [6, 6.07) is 9.22. The van der Waals surface area contributed by atoms with Crippen LogP contribution >= 0.6 is 0 Å². The van der Waals surface area contributed by atoms with E-state index in [1.807, 2.05) is 45.0 Å². The Bertz CT molecular complexity index is 1050. The number of nitrogens with one attached hydrogen (secondary N) is 2. The summed E-state index contributed by atoms with van der Waals surface area (Å²) in [5.41, 5.74) is 2.45. The number of H-pyrrole nitrogens is 1. The largest absolute Gasteiger partial charge is 0.378 e. The first kappa shape index (κ1) is 21.3. The van der Waals surface area contributed by atoms with Gasteiger partial charge in [-0.3, -0.25) is 14.4 Å². The lowest BCUT2D eigenvalue weighted by atomic mass is 9.75. The second-order valence-electron chi connectivity index (χ2n) is 9.23.